The van der Waals surface area contributed by atoms with E-state index in [1.807, 2.05) is 19.2 Å². The Labute approximate surface area is 123 Å². The van der Waals surface area contributed by atoms with Crippen molar-refractivity contribution in [2.45, 2.75) is 43.9 Å². The lowest BCUT2D eigenvalue weighted by Gasteiger charge is -2.46. The standard InChI is InChI=1S/C15H22F3N3/c1-21(10-12-3-2-8-20-9-12)14(11-19)6-4-13(5-7-14)15(16,17)18/h2-3,8-9,13H,4-7,10-11,19H2,1H3. The summed E-state index contributed by atoms with van der Waals surface area (Å²) < 4.78 is 38.4. The average molecular weight is 301 g/mol. The maximum absolute atomic E-state index is 12.8. The zero-order valence-electron chi connectivity index (χ0n) is 12.2. The van der Waals surface area contributed by atoms with Gasteiger partial charge in [0.25, 0.3) is 0 Å². The van der Waals surface area contributed by atoms with E-state index in [2.05, 4.69) is 9.88 Å². The first-order valence-electron chi connectivity index (χ1n) is 7.24. The fraction of sp³-hybridized carbons (Fsp3) is 0.667. The van der Waals surface area contributed by atoms with Gasteiger partial charge in [-0.3, -0.25) is 9.88 Å². The maximum Gasteiger partial charge on any atom is 0.391 e. The van der Waals surface area contributed by atoms with Crippen molar-refractivity contribution in [3.8, 4) is 0 Å². The van der Waals surface area contributed by atoms with Crippen molar-refractivity contribution in [1.82, 2.24) is 9.88 Å². The Hall–Kier alpha value is -1.14. The van der Waals surface area contributed by atoms with Crippen molar-refractivity contribution >= 4 is 0 Å². The fourth-order valence-corrected chi connectivity index (χ4v) is 3.16. The monoisotopic (exact) mass is 301 g/mol. The number of likely N-dealkylation sites (N-methyl/N-ethyl adjacent to an activating group) is 1. The van der Waals surface area contributed by atoms with Crippen LogP contribution in [0.1, 0.15) is 31.2 Å². The highest BCUT2D eigenvalue weighted by atomic mass is 19.4. The molecule has 1 aliphatic carbocycles. The molecule has 0 spiro atoms. The average Bonchev–Trinajstić information content (AvgIpc) is 2.47. The van der Waals surface area contributed by atoms with Crippen LogP contribution in [-0.4, -0.2) is 35.2 Å². The van der Waals surface area contributed by atoms with Crippen molar-refractivity contribution in [2.24, 2.45) is 11.7 Å². The van der Waals surface area contributed by atoms with Crippen LogP contribution >= 0.6 is 0 Å². The van der Waals surface area contributed by atoms with Crippen LogP contribution in [0.25, 0.3) is 0 Å². The summed E-state index contributed by atoms with van der Waals surface area (Å²) >= 11 is 0. The van der Waals surface area contributed by atoms with Gasteiger partial charge in [0.05, 0.1) is 5.92 Å². The van der Waals surface area contributed by atoms with Crippen molar-refractivity contribution in [3.63, 3.8) is 0 Å². The zero-order valence-corrected chi connectivity index (χ0v) is 12.2. The molecule has 0 radical (unpaired) electrons. The summed E-state index contributed by atoms with van der Waals surface area (Å²) in [6.07, 6.45) is 0.715. The van der Waals surface area contributed by atoms with Gasteiger partial charge >= 0.3 is 6.18 Å². The third-order valence-electron chi connectivity index (χ3n) is 4.71. The molecule has 118 valence electrons. The summed E-state index contributed by atoms with van der Waals surface area (Å²) in [5.41, 5.74) is 6.62. The summed E-state index contributed by atoms with van der Waals surface area (Å²) in [5, 5.41) is 0. The third-order valence-corrected chi connectivity index (χ3v) is 4.71. The first kappa shape index (κ1) is 16.2. The van der Waals surface area contributed by atoms with E-state index >= 15 is 0 Å². The summed E-state index contributed by atoms with van der Waals surface area (Å²) in [7, 11) is 1.94. The minimum Gasteiger partial charge on any atom is -0.329 e. The van der Waals surface area contributed by atoms with Crippen molar-refractivity contribution in [1.29, 1.82) is 0 Å². The molecule has 1 aliphatic rings. The van der Waals surface area contributed by atoms with E-state index in [1.54, 1.807) is 12.4 Å². The van der Waals surface area contributed by atoms with Crippen LogP contribution in [0.3, 0.4) is 0 Å². The highest BCUT2D eigenvalue weighted by Crippen LogP contribution is 2.42. The smallest absolute Gasteiger partial charge is 0.329 e. The van der Waals surface area contributed by atoms with Crippen LogP contribution in [0, 0.1) is 5.92 Å². The molecule has 0 atom stereocenters. The number of nitrogens with zero attached hydrogens (tertiary/aromatic N) is 2. The van der Waals surface area contributed by atoms with Gasteiger partial charge in [-0.2, -0.15) is 13.2 Å². The molecular weight excluding hydrogens is 279 g/mol. The molecule has 2 N–H and O–H groups in total. The molecule has 2 rings (SSSR count). The van der Waals surface area contributed by atoms with E-state index in [0.29, 0.717) is 25.9 Å². The van der Waals surface area contributed by atoms with Crippen molar-refractivity contribution in [2.75, 3.05) is 13.6 Å². The third kappa shape index (κ3) is 3.74. The molecule has 21 heavy (non-hydrogen) atoms. The predicted octanol–water partition coefficient (Wildman–Crippen LogP) is 2.96. The van der Waals surface area contributed by atoms with Gasteiger partial charge < -0.3 is 5.73 Å². The second-order valence-electron chi connectivity index (χ2n) is 5.96. The SMILES string of the molecule is CN(Cc1cccnc1)C1(CN)CCC(C(F)(F)F)CC1. The Kier molecular flexibility index (Phi) is 4.88. The van der Waals surface area contributed by atoms with E-state index in [4.69, 9.17) is 5.73 Å². The second-order valence-corrected chi connectivity index (χ2v) is 5.96. The molecule has 1 aromatic rings. The Morgan fingerprint density at radius 3 is 2.52 bits per heavy atom. The number of halogens is 3. The van der Waals surface area contributed by atoms with Gasteiger partial charge in [-0.15, -0.1) is 0 Å². The van der Waals surface area contributed by atoms with Crippen LogP contribution in [0.2, 0.25) is 0 Å². The maximum atomic E-state index is 12.8. The molecule has 3 nitrogen and oxygen atoms in total. The molecule has 0 aromatic carbocycles. The predicted molar refractivity (Wildman–Crippen MR) is 75.5 cm³/mol. The first-order valence-corrected chi connectivity index (χ1v) is 7.24. The Morgan fingerprint density at radius 1 is 1.38 bits per heavy atom. The van der Waals surface area contributed by atoms with Crippen LogP contribution in [0.4, 0.5) is 13.2 Å². The van der Waals surface area contributed by atoms with Crippen LogP contribution in [-0.2, 0) is 6.54 Å². The van der Waals surface area contributed by atoms with Crippen molar-refractivity contribution in [3.05, 3.63) is 30.1 Å². The second kappa shape index (κ2) is 6.32. The summed E-state index contributed by atoms with van der Waals surface area (Å²) in [6, 6.07) is 3.83. The van der Waals surface area contributed by atoms with E-state index in [0.717, 1.165) is 5.56 Å². The molecule has 0 unspecified atom stereocenters. The van der Waals surface area contributed by atoms with Gasteiger partial charge in [-0.05, 0) is 44.4 Å². The molecule has 1 heterocycles. The Morgan fingerprint density at radius 2 is 2.05 bits per heavy atom. The van der Waals surface area contributed by atoms with Gasteiger partial charge in [0.1, 0.15) is 0 Å². The Balaban J connectivity index is 2.02. The van der Waals surface area contributed by atoms with Gasteiger partial charge in [-0.25, -0.2) is 0 Å². The minimum atomic E-state index is -4.08. The highest BCUT2D eigenvalue weighted by Gasteiger charge is 2.46. The largest absolute Gasteiger partial charge is 0.391 e. The van der Waals surface area contributed by atoms with Gasteiger partial charge in [0.15, 0.2) is 0 Å². The van der Waals surface area contributed by atoms with Gasteiger partial charge in [0.2, 0.25) is 0 Å². The van der Waals surface area contributed by atoms with E-state index in [-0.39, 0.29) is 18.4 Å². The molecular formula is C15H22F3N3. The lowest BCUT2D eigenvalue weighted by molar-refractivity contribution is -0.188. The molecule has 1 aromatic heterocycles. The highest BCUT2D eigenvalue weighted by molar-refractivity contribution is 5.09. The minimum absolute atomic E-state index is 0.165. The molecule has 0 bridgehead atoms. The summed E-state index contributed by atoms with van der Waals surface area (Å²) in [5.74, 6) is -1.18. The van der Waals surface area contributed by atoms with E-state index in [9.17, 15) is 13.2 Å². The number of hydrogen-bond donors (Lipinski definition) is 1. The van der Waals surface area contributed by atoms with E-state index in [1.165, 1.54) is 0 Å². The molecule has 0 saturated heterocycles. The summed E-state index contributed by atoms with van der Waals surface area (Å²) in [6.45, 7) is 1.04. The fourth-order valence-electron chi connectivity index (χ4n) is 3.16. The molecule has 0 amide bonds. The lowest BCUT2D eigenvalue weighted by atomic mass is 9.75. The van der Waals surface area contributed by atoms with Gasteiger partial charge in [0, 0.05) is 31.0 Å². The number of pyridine rings is 1. The van der Waals surface area contributed by atoms with E-state index < -0.39 is 12.1 Å². The first-order chi connectivity index (χ1) is 9.87. The van der Waals surface area contributed by atoms with Crippen LogP contribution < -0.4 is 5.73 Å². The zero-order chi connectivity index (χ0) is 15.5. The van der Waals surface area contributed by atoms with Crippen LogP contribution in [0.5, 0.6) is 0 Å². The number of rotatable bonds is 4. The molecule has 1 fully saturated rings. The Bertz CT molecular complexity index is 439. The molecule has 1 saturated carbocycles. The number of hydrogen-bond acceptors (Lipinski definition) is 3. The molecule has 0 aliphatic heterocycles. The van der Waals surface area contributed by atoms with Gasteiger partial charge in [-0.1, -0.05) is 6.07 Å². The van der Waals surface area contributed by atoms with Crippen molar-refractivity contribution < 1.29 is 13.2 Å². The number of aromatic nitrogens is 1. The summed E-state index contributed by atoms with van der Waals surface area (Å²) in [4.78, 5) is 6.16. The number of nitrogens with two attached hydrogens (primary N) is 1. The quantitative estimate of drug-likeness (QED) is 0.929. The normalized spacial score (nSPS) is 27.0. The molecule has 6 heteroatoms. The van der Waals surface area contributed by atoms with Crippen LogP contribution in [0.15, 0.2) is 24.5 Å². The number of alkyl halides is 3. The lowest BCUT2D eigenvalue weighted by Crippen LogP contribution is -2.54. The topological polar surface area (TPSA) is 42.2 Å².